The van der Waals surface area contributed by atoms with Crippen LogP contribution in [0.2, 0.25) is 0 Å². The van der Waals surface area contributed by atoms with Gasteiger partial charge in [0.2, 0.25) is 0 Å². The molecule has 0 spiro atoms. The van der Waals surface area contributed by atoms with E-state index in [0.717, 1.165) is 45.9 Å². The van der Waals surface area contributed by atoms with Gasteiger partial charge in [0.25, 0.3) is 0 Å². The molecule has 1 saturated carbocycles. The zero-order valence-corrected chi connectivity index (χ0v) is 21.8. The third-order valence-corrected chi connectivity index (χ3v) is 8.70. The fourth-order valence-corrected chi connectivity index (χ4v) is 6.80. The van der Waals surface area contributed by atoms with Gasteiger partial charge >= 0.3 is 0 Å². The van der Waals surface area contributed by atoms with Crippen LogP contribution in [0.3, 0.4) is 0 Å². The van der Waals surface area contributed by atoms with E-state index >= 15 is 0 Å². The van der Waals surface area contributed by atoms with Crippen LogP contribution in [0.1, 0.15) is 67.4 Å². The first-order chi connectivity index (χ1) is 18.3. The van der Waals surface area contributed by atoms with Gasteiger partial charge < -0.3 is 4.74 Å². The molecule has 5 heteroatoms. The first-order valence-corrected chi connectivity index (χ1v) is 13.5. The zero-order valence-electron chi connectivity index (χ0n) is 21.8. The Morgan fingerprint density at radius 3 is 2.39 bits per heavy atom. The third-order valence-electron chi connectivity index (χ3n) is 8.70. The number of nitrogens with zero attached hydrogens (tertiary/aromatic N) is 2. The molecule has 1 aliphatic carbocycles. The van der Waals surface area contributed by atoms with Crippen LogP contribution in [0.4, 0.5) is 4.39 Å². The molecule has 5 aromatic rings. The Morgan fingerprint density at radius 1 is 0.895 bits per heavy atom. The lowest BCUT2D eigenvalue weighted by Gasteiger charge is -2.49. The molecule has 1 fully saturated rings. The highest BCUT2D eigenvalue weighted by Crippen LogP contribution is 2.56. The molecule has 7 rings (SSSR count). The van der Waals surface area contributed by atoms with E-state index in [1.165, 1.54) is 36.2 Å². The van der Waals surface area contributed by atoms with Gasteiger partial charge in [-0.1, -0.05) is 37.6 Å². The summed E-state index contributed by atoms with van der Waals surface area (Å²) in [6, 6.07) is 19.4. The molecule has 0 unspecified atom stereocenters. The molecule has 4 aromatic carbocycles. The van der Waals surface area contributed by atoms with E-state index < -0.39 is 0 Å². The second-order valence-corrected chi connectivity index (χ2v) is 11.6. The van der Waals surface area contributed by atoms with Gasteiger partial charge in [-0.3, -0.25) is 4.79 Å². The molecule has 38 heavy (non-hydrogen) atoms. The summed E-state index contributed by atoms with van der Waals surface area (Å²) in [7, 11) is 0. The van der Waals surface area contributed by atoms with Crippen LogP contribution in [0.5, 0.6) is 5.75 Å². The van der Waals surface area contributed by atoms with E-state index in [9.17, 15) is 9.18 Å². The normalized spacial score (nSPS) is 22.2. The fraction of sp³-hybridized carbons (Fsp3) is 0.303. The highest BCUT2D eigenvalue weighted by atomic mass is 19.1. The van der Waals surface area contributed by atoms with Gasteiger partial charge in [0.1, 0.15) is 17.2 Å². The van der Waals surface area contributed by atoms with Crippen molar-refractivity contribution in [1.82, 2.24) is 9.97 Å². The highest BCUT2D eigenvalue weighted by Gasteiger charge is 2.47. The summed E-state index contributed by atoms with van der Waals surface area (Å²) in [5.74, 6) is 1.77. The Hall–Kier alpha value is -3.86. The minimum atomic E-state index is -0.366. The molecule has 0 bridgehead atoms. The van der Waals surface area contributed by atoms with E-state index in [4.69, 9.17) is 14.7 Å². The largest absolute Gasteiger partial charge is 0.487 e. The van der Waals surface area contributed by atoms with Gasteiger partial charge in [0.05, 0.1) is 22.1 Å². The average Bonchev–Trinajstić information content (AvgIpc) is 2.91. The monoisotopic (exact) mass is 504 g/mol. The van der Waals surface area contributed by atoms with Crippen molar-refractivity contribution in [3.63, 3.8) is 0 Å². The van der Waals surface area contributed by atoms with E-state index in [1.807, 2.05) is 18.2 Å². The molecule has 0 saturated heterocycles. The third kappa shape index (κ3) is 3.52. The topological polar surface area (TPSA) is 52.1 Å². The summed E-state index contributed by atoms with van der Waals surface area (Å²) in [5, 5.41) is 2.11. The summed E-state index contributed by atoms with van der Waals surface area (Å²) in [5.41, 5.74) is 5.01. The van der Waals surface area contributed by atoms with Crippen molar-refractivity contribution in [2.24, 2.45) is 11.8 Å². The first-order valence-electron chi connectivity index (χ1n) is 13.5. The van der Waals surface area contributed by atoms with Crippen molar-refractivity contribution in [3.05, 3.63) is 89.2 Å². The summed E-state index contributed by atoms with van der Waals surface area (Å²) in [6.07, 6.45) is 3.43. The summed E-state index contributed by atoms with van der Waals surface area (Å²) in [6.45, 7) is 6.79. The second kappa shape index (κ2) is 8.32. The molecule has 0 amide bonds. The molecule has 3 atom stereocenters. The SMILES string of the molecule is C[C@H]1CC[C@H]2[C@H](C1)c1c(c3ccccc3c3nc4ccc(C(=O)c5ccc(F)cc5)cc4nc13)OC2(C)C. The minimum Gasteiger partial charge on any atom is -0.487 e. The Balaban J connectivity index is 1.49. The quantitative estimate of drug-likeness (QED) is 0.139. The molecule has 1 aliphatic heterocycles. The number of rotatable bonds is 2. The number of carbonyl (C=O) groups is 1. The van der Waals surface area contributed by atoms with Crippen LogP contribution in [-0.2, 0) is 0 Å². The number of hydrogen-bond acceptors (Lipinski definition) is 4. The van der Waals surface area contributed by atoms with Crippen LogP contribution >= 0.6 is 0 Å². The van der Waals surface area contributed by atoms with Gasteiger partial charge in [-0.25, -0.2) is 14.4 Å². The van der Waals surface area contributed by atoms with Crippen molar-refractivity contribution in [3.8, 4) is 5.75 Å². The first kappa shape index (κ1) is 23.3. The molecule has 190 valence electrons. The Kier molecular flexibility index (Phi) is 5.10. The van der Waals surface area contributed by atoms with Crippen LogP contribution in [-0.4, -0.2) is 21.4 Å². The van der Waals surface area contributed by atoms with Gasteiger partial charge in [0, 0.05) is 33.4 Å². The van der Waals surface area contributed by atoms with E-state index in [1.54, 1.807) is 6.07 Å². The molecular weight excluding hydrogens is 475 g/mol. The van der Waals surface area contributed by atoms with Crippen LogP contribution in [0.15, 0.2) is 66.7 Å². The standard InChI is InChI=1S/C33H29FN2O2/c1-18-8-14-25-24(16-18)28-30-29(22-6-4-5-7-23(22)32(28)38-33(25,2)3)35-26-15-11-20(17-27(26)36-30)31(37)19-9-12-21(34)13-10-19/h4-7,9-13,15,17-18,24-25H,8,14,16H2,1-3H3/t18-,24-,25-/m0/s1. The summed E-state index contributed by atoms with van der Waals surface area (Å²) < 4.78 is 20.2. The average molecular weight is 505 g/mol. The van der Waals surface area contributed by atoms with E-state index in [-0.39, 0.29) is 17.2 Å². The number of halogens is 1. The summed E-state index contributed by atoms with van der Waals surface area (Å²) in [4.78, 5) is 23.5. The van der Waals surface area contributed by atoms with Crippen LogP contribution in [0, 0.1) is 17.7 Å². The van der Waals surface area contributed by atoms with Gasteiger partial charge in [-0.15, -0.1) is 0 Å². The Morgan fingerprint density at radius 2 is 1.61 bits per heavy atom. The van der Waals surface area contributed by atoms with Gasteiger partial charge in [0.15, 0.2) is 5.78 Å². The maximum atomic E-state index is 13.4. The van der Waals surface area contributed by atoms with Crippen molar-refractivity contribution in [2.75, 3.05) is 0 Å². The molecule has 2 heterocycles. The van der Waals surface area contributed by atoms with Crippen molar-refractivity contribution in [1.29, 1.82) is 0 Å². The number of hydrogen-bond donors (Lipinski definition) is 0. The molecule has 2 aliphatic rings. The number of ketones is 1. The lowest BCUT2D eigenvalue weighted by molar-refractivity contribution is -0.0115. The van der Waals surface area contributed by atoms with Gasteiger partial charge in [-0.2, -0.15) is 0 Å². The predicted molar refractivity (Wildman–Crippen MR) is 148 cm³/mol. The molecular formula is C33H29FN2O2. The van der Waals surface area contributed by atoms with Crippen molar-refractivity contribution < 1.29 is 13.9 Å². The second-order valence-electron chi connectivity index (χ2n) is 11.6. The van der Waals surface area contributed by atoms with Crippen LogP contribution in [0.25, 0.3) is 32.8 Å². The predicted octanol–water partition coefficient (Wildman–Crippen LogP) is 8.00. The number of aromatic nitrogens is 2. The number of benzene rings is 4. The lowest BCUT2D eigenvalue weighted by Crippen LogP contribution is -2.46. The van der Waals surface area contributed by atoms with Crippen molar-refractivity contribution in [2.45, 2.75) is 51.6 Å². The maximum Gasteiger partial charge on any atom is 0.193 e. The highest BCUT2D eigenvalue weighted by molar-refractivity contribution is 6.13. The fourth-order valence-electron chi connectivity index (χ4n) is 6.80. The molecule has 0 N–H and O–H groups in total. The molecule has 0 radical (unpaired) electrons. The Labute approximate surface area is 220 Å². The number of carbonyl (C=O) groups excluding carboxylic acids is 1. The molecule has 1 aromatic heterocycles. The smallest absolute Gasteiger partial charge is 0.193 e. The molecule has 4 nitrogen and oxygen atoms in total. The van der Waals surface area contributed by atoms with Crippen molar-refractivity contribution >= 4 is 38.6 Å². The summed E-state index contributed by atoms with van der Waals surface area (Å²) >= 11 is 0. The minimum absolute atomic E-state index is 0.166. The lowest BCUT2D eigenvalue weighted by atomic mass is 9.64. The number of fused-ring (bicyclic) bond motifs is 9. The maximum absolute atomic E-state index is 13.4. The van der Waals surface area contributed by atoms with E-state index in [2.05, 4.69) is 39.0 Å². The number of ether oxygens (including phenoxy) is 1. The van der Waals surface area contributed by atoms with Crippen LogP contribution < -0.4 is 4.74 Å². The zero-order chi connectivity index (χ0) is 26.2. The van der Waals surface area contributed by atoms with E-state index in [0.29, 0.717) is 34.4 Å². The Bertz CT molecular complexity index is 1760. The van der Waals surface area contributed by atoms with Gasteiger partial charge in [-0.05, 0) is 81.0 Å².